The van der Waals surface area contributed by atoms with Gasteiger partial charge in [0.05, 0.1) is 17.1 Å². The van der Waals surface area contributed by atoms with Crippen molar-refractivity contribution in [3.8, 4) is 0 Å². The number of amides is 1. The average Bonchev–Trinajstić information content (AvgIpc) is 2.97. The zero-order valence-electron chi connectivity index (χ0n) is 18.5. The van der Waals surface area contributed by atoms with E-state index < -0.39 is 27.1 Å². The molecule has 1 aliphatic heterocycles. The first-order chi connectivity index (χ1) is 15.4. The highest BCUT2D eigenvalue weighted by atomic mass is 79.9. The molecule has 0 saturated carbocycles. The molecular formula is C25H25BrN2O4S. The Balaban J connectivity index is 1.71. The number of benzene rings is 3. The zero-order valence-corrected chi connectivity index (χ0v) is 20.9. The molecule has 172 valence electrons. The molecule has 2 N–H and O–H groups in total. The molecule has 0 aliphatic carbocycles. The van der Waals surface area contributed by atoms with Gasteiger partial charge in [0.15, 0.2) is 5.60 Å². The molecular weight excluding hydrogens is 504 g/mol. The predicted molar refractivity (Wildman–Crippen MR) is 131 cm³/mol. The van der Waals surface area contributed by atoms with Gasteiger partial charge in [0.2, 0.25) is 10.0 Å². The second-order valence-corrected chi connectivity index (χ2v) is 11.7. The molecule has 1 amide bonds. The highest BCUT2D eigenvalue weighted by Crippen LogP contribution is 2.45. The summed E-state index contributed by atoms with van der Waals surface area (Å²) >= 11 is 3.41. The summed E-state index contributed by atoms with van der Waals surface area (Å²) < 4.78 is 28.8. The van der Waals surface area contributed by atoms with E-state index in [0.717, 1.165) is 10.0 Å². The highest BCUT2D eigenvalue weighted by molar-refractivity contribution is 9.10. The molecule has 4 rings (SSSR count). The Kier molecular flexibility index (Phi) is 5.99. The van der Waals surface area contributed by atoms with Crippen LogP contribution in [0.1, 0.15) is 37.5 Å². The van der Waals surface area contributed by atoms with E-state index in [0.29, 0.717) is 23.4 Å². The first-order valence-electron chi connectivity index (χ1n) is 10.4. The van der Waals surface area contributed by atoms with Crippen molar-refractivity contribution >= 4 is 37.5 Å². The van der Waals surface area contributed by atoms with Crippen molar-refractivity contribution in [2.75, 3.05) is 4.90 Å². The minimum atomic E-state index is -3.74. The van der Waals surface area contributed by atoms with Crippen LogP contribution >= 0.6 is 15.9 Å². The number of nitrogens with one attached hydrogen (secondary N) is 1. The summed E-state index contributed by atoms with van der Waals surface area (Å²) in [4.78, 5) is 15.2. The molecule has 0 aromatic heterocycles. The summed E-state index contributed by atoms with van der Waals surface area (Å²) in [5.74, 6) is -0.477. The molecule has 6 nitrogen and oxygen atoms in total. The molecule has 3 aromatic rings. The second-order valence-electron chi connectivity index (χ2n) is 9.13. The van der Waals surface area contributed by atoms with Crippen LogP contribution in [0.5, 0.6) is 0 Å². The molecule has 1 atom stereocenters. The number of fused-ring (bicyclic) bond motifs is 1. The number of hydrogen-bond acceptors (Lipinski definition) is 4. The smallest absolute Gasteiger partial charge is 0.268 e. The van der Waals surface area contributed by atoms with E-state index in [1.54, 1.807) is 43.9 Å². The van der Waals surface area contributed by atoms with Crippen LogP contribution in [0.15, 0.2) is 82.2 Å². The fraction of sp³-hybridized carbons (Fsp3) is 0.240. The number of carbonyl (C=O) groups is 1. The maximum absolute atomic E-state index is 13.6. The fourth-order valence-electron chi connectivity index (χ4n) is 3.98. The van der Waals surface area contributed by atoms with Gasteiger partial charge in [-0.1, -0.05) is 58.4 Å². The molecule has 1 aliphatic rings. The summed E-state index contributed by atoms with van der Waals surface area (Å²) in [5.41, 5.74) is -0.224. The van der Waals surface area contributed by atoms with Gasteiger partial charge in [0.25, 0.3) is 5.91 Å². The minimum absolute atomic E-state index is 0.0650. The van der Waals surface area contributed by atoms with Gasteiger partial charge in [-0.2, -0.15) is 0 Å². The maximum atomic E-state index is 13.6. The van der Waals surface area contributed by atoms with Crippen molar-refractivity contribution < 1.29 is 18.3 Å². The molecule has 0 spiro atoms. The van der Waals surface area contributed by atoms with Gasteiger partial charge in [0, 0.05) is 15.6 Å². The predicted octanol–water partition coefficient (Wildman–Crippen LogP) is 4.31. The van der Waals surface area contributed by atoms with Crippen LogP contribution in [0.25, 0.3) is 0 Å². The Hall–Kier alpha value is -2.52. The van der Waals surface area contributed by atoms with E-state index in [2.05, 4.69) is 20.7 Å². The molecule has 0 radical (unpaired) electrons. The first-order valence-corrected chi connectivity index (χ1v) is 12.7. The number of carbonyl (C=O) groups excluding carboxylic acids is 1. The van der Waals surface area contributed by atoms with Gasteiger partial charge < -0.3 is 10.0 Å². The standard InChI is InChI=1S/C25H25BrN2O4S/c1-24(2,3)27-33(31,32)20-14-10-18(11-15-20)25(30)21-6-4-5-7-22(21)28(23(25)29)16-17-8-12-19(26)13-9-17/h4-15,27,30H,16H2,1-3H3. The SMILES string of the molecule is CC(C)(C)NS(=O)(=O)c1ccc(C2(O)C(=O)N(Cc3ccc(Br)cc3)c3ccccc32)cc1. The first kappa shape index (κ1) is 23.6. The second kappa shape index (κ2) is 8.36. The normalized spacial score (nSPS) is 18.5. The van der Waals surface area contributed by atoms with Gasteiger partial charge in [-0.25, -0.2) is 13.1 Å². The van der Waals surface area contributed by atoms with Crippen molar-refractivity contribution in [1.29, 1.82) is 0 Å². The van der Waals surface area contributed by atoms with Crippen LogP contribution in [-0.4, -0.2) is 25.0 Å². The van der Waals surface area contributed by atoms with Crippen LogP contribution in [0.2, 0.25) is 0 Å². The van der Waals surface area contributed by atoms with E-state index in [9.17, 15) is 18.3 Å². The van der Waals surface area contributed by atoms with Crippen molar-refractivity contribution in [2.45, 2.75) is 43.4 Å². The number of aliphatic hydroxyl groups is 1. The number of anilines is 1. The highest BCUT2D eigenvalue weighted by Gasteiger charge is 2.50. The van der Waals surface area contributed by atoms with Gasteiger partial charge in [-0.05, 0) is 62.2 Å². The lowest BCUT2D eigenvalue weighted by Crippen LogP contribution is -2.41. The van der Waals surface area contributed by atoms with E-state index in [4.69, 9.17) is 0 Å². The number of halogens is 1. The Morgan fingerprint density at radius 3 is 2.18 bits per heavy atom. The van der Waals surface area contributed by atoms with E-state index in [1.165, 1.54) is 24.3 Å². The molecule has 0 saturated heterocycles. The third-order valence-corrected chi connectivity index (χ3v) is 7.72. The lowest BCUT2D eigenvalue weighted by molar-refractivity contribution is -0.132. The summed E-state index contributed by atoms with van der Waals surface area (Å²) in [6, 6.07) is 20.6. The number of nitrogens with zero attached hydrogens (tertiary/aromatic N) is 1. The number of hydrogen-bond donors (Lipinski definition) is 2. The summed E-state index contributed by atoms with van der Waals surface area (Å²) in [7, 11) is -3.74. The van der Waals surface area contributed by atoms with Crippen molar-refractivity contribution in [3.05, 3.63) is 94.0 Å². The Bertz CT molecular complexity index is 1300. The molecule has 1 heterocycles. The minimum Gasteiger partial charge on any atom is -0.372 e. The monoisotopic (exact) mass is 528 g/mol. The number of rotatable bonds is 5. The van der Waals surface area contributed by atoms with Crippen molar-refractivity contribution in [2.24, 2.45) is 0 Å². The Morgan fingerprint density at radius 2 is 1.58 bits per heavy atom. The molecule has 0 fully saturated rings. The zero-order chi connectivity index (χ0) is 24.0. The quantitative estimate of drug-likeness (QED) is 0.516. The molecule has 8 heteroatoms. The van der Waals surface area contributed by atoms with Crippen LogP contribution in [-0.2, 0) is 27.0 Å². The largest absolute Gasteiger partial charge is 0.372 e. The van der Waals surface area contributed by atoms with Gasteiger partial charge in [-0.3, -0.25) is 4.79 Å². The number of sulfonamides is 1. The van der Waals surface area contributed by atoms with E-state index in [1.807, 2.05) is 30.3 Å². The van der Waals surface area contributed by atoms with Crippen LogP contribution < -0.4 is 9.62 Å². The third-order valence-electron chi connectivity index (χ3n) is 5.42. The summed E-state index contributed by atoms with van der Waals surface area (Å²) in [5, 5.41) is 11.7. The molecule has 33 heavy (non-hydrogen) atoms. The van der Waals surface area contributed by atoms with Crippen LogP contribution in [0, 0.1) is 0 Å². The summed E-state index contributed by atoms with van der Waals surface area (Å²) in [6.07, 6.45) is 0. The van der Waals surface area contributed by atoms with Gasteiger partial charge >= 0.3 is 0 Å². The molecule has 1 unspecified atom stereocenters. The Labute approximate surface area is 202 Å². The van der Waals surface area contributed by atoms with Crippen LogP contribution in [0.3, 0.4) is 0 Å². The topological polar surface area (TPSA) is 86.7 Å². The van der Waals surface area contributed by atoms with Gasteiger partial charge in [0.1, 0.15) is 0 Å². The summed E-state index contributed by atoms with van der Waals surface area (Å²) in [6.45, 7) is 5.58. The van der Waals surface area contributed by atoms with Crippen molar-refractivity contribution in [1.82, 2.24) is 4.72 Å². The average molecular weight is 529 g/mol. The van der Waals surface area contributed by atoms with E-state index in [-0.39, 0.29) is 4.90 Å². The Morgan fingerprint density at radius 1 is 0.970 bits per heavy atom. The number of para-hydroxylation sites is 1. The van der Waals surface area contributed by atoms with Gasteiger partial charge in [-0.15, -0.1) is 0 Å². The maximum Gasteiger partial charge on any atom is 0.268 e. The third kappa shape index (κ3) is 4.48. The molecule has 3 aromatic carbocycles. The fourth-order valence-corrected chi connectivity index (χ4v) is 5.66. The molecule has 0 bridgehead atoms. The van der Waals surface area contributed by atoms with Crippen molar-refractivity contribution in [3.63, 3.8) is 0 Å². The van der Waals surface area contributed by atoms with E-state index >= 15 is 0 Å². The van der Waals surface area contributed by atoms with Crippen LogP contribution in [0.4, 0.5) is 5.69 Å². The lowest BCUT2D eigenvalue weighted by atomic mass is 9.87. The lowest BCUT2D eigenvalue weighted by Gasteiger charge is -2.24.